The van der Waals surface area contributed by atoms with E-state index >= 15 is 0 Å². The van der Waals surface area contributed by atoms with Crippen molar-refractivity contribution in [3.8, 4) is 86.7 Å². The molecule has 6 heterocycles. The number of carbonyl (C=O) groups excluding carboxylic acids is 2. The number of aliphatic hydroxyl groups is 2. The van der Waals surface area contributed by atoms with Gasteiger partial charge in [0.25, 0.3) is 30.1 Å². The Labute approximate surface area is 704 Å². The predicted octanol–water partition coefficient (Wildman–Crippen LogP) is 14.8. The molecule has 6 aromatic heterocycles. The molecule has 0 fully saturated rings. The summed E-state index contributed by atoms with van der Waals surface area (Å²) in [7, 11) is -7.77. The Kier molecular flexibility index (Phi) is 29.9. The molecule has 0 aliphatic heterocycles. The van der Waals surface area contributed by atoms with Crippen molar-refractivity contribution >= 4 is 60.6 Å². The summed E-state index contributed by atoms with van der Waals surface area (Å²) >= 11 is 0. The van der Waals surface area contributed by atoms with Gasteiger partial charge in [0.1, 0.15) is 13.1 Å². The zero-order chi connectivity index (χ0) is 88.5. The topological polar surface area (TPSA) is 423 Å². The van der Waals surface area contributed by atoms with Gasteiger partial charge < -0.3 is 48.2 Å². The average molecular weight is 1710 g/mol. The lowest BCUT2D eigenvalue weighted by Gasteiger charge is -2.24. The maximum atomic E-state index is 13.5. The summed E-state index contributed by atoms with van der Waals surface area (Å²) in [4.78, 5) is 74.6. The molecule has 121 heavy (non-hydrogen) atoms. The fourth-order valence-electron chi connectivity index (χ4n) is 11.7. The minimum Gasteiger partial charge on any atom is -0.493 e. The summed E-state index contributed by atoms with van der Waals surface area (Å²) in [5, 5.41) is 20.8. The molecule has 0 saturated carbocycles. The van der Waals surface area contributed by atoms with E-state index in [1.165, 1.54) is 57.7 Å². The first kappa shape index (κ1) is 92.0. The van der Waals surface area contributed by atoms with Gasteiger partial charge in [0.05, 0.1) is 58.7 Å². The Morgan fingerprint density at radius 1 is 0.355 bits per heavy atom. The number of anilines is 3. The molecule has 0 saturated heterocycles. The highest BCUT2D eigenvalue weighted by molar-refractivity contribution is 7.93. The summed E-state index contributed by atoms with van der Waals surface area (Å²) in [6.07, 6.45) is 1.16. The number of hydrogen-bond donors (Lipinski definition) is 5. The van der Waals surface area contributed by atoms with E-state index in [4.69, 9.17) is 38.2 Å². The minimum absolute atomic E-state index is 0.0110. The number of aromatic nitrogens is 12. The van der Waals surface area contributed by atoms with Gasteiger partial charge in [0, 0.05) is 65.4 Å². The van der Waals surface area contributed by atoms with Crippen molar-refractivity contribution in [2.45, 2.75) is 143 Å². The molecular weight excluding hydrogens is 1610 g/mol. The number of para-hydroxylation sites is 6. The van der Waals surface area contributed by atoms with Gasteiger partial charge in [-0.2, -0.15) is 0 Å². The SMILES string of the molecule is C=O.COc1ccccc1Oc1c(CC(C)(C)C=O)nc(-c2nc(C)cc(C)n2)nc1NS(=O)(=O)c1ccc(C)cc1.COc1ccccc1Oc1c(CC(C)(C)CO)nc(-c2nc(C)cc(C)n2)nc1NS(=O)(=O)c1ccc(C)cc1.COc1ccccc1Oc1c(CC(C)(C)O)nc(-c2nc(C)cc(C)n2)nc1NS(=O)(=O)c1ccc(C)cc1. The quantitative estimate of drug-likeness (QED) is 0.0272. The molecule has 12 aromatic rings. The van der Waals surface area contributed by atoms with E-state index in [2.05, 4.69) is 69.0 Å². The van der Waals surface area contributed by atoms with E-state index in [1.807, 2.05) is 89.0 Å². The van der Waals surface area contributed by atoms with E-state index in [1.54, 1.807) is 149 Å². The monoisotopic (exact) mass is 1700 g/mol. The first-order chi connectivity index (χ1) is 57.1. The molecule has 0 radical (unpaired) electrons. The van der Waals surface area contributed by atoms with Crippen LogP contribution in [0, 0.1) is 73.1 Å². The van der Waals surface area contributed by atoms with Gasteiger partial charge in [-0.1, -0.05) is 117 Å². The highest BCUT2D eigenvalue weighted by atomic mass is 32.2. The van der Waals surface area contributed by atoms with Gasteiger partial charge in [0.15, 0.2) is 104 Å². The third-order valence-corrected chi connectivity index (χ3v) is 21.6. The van der Waals surface area contributed by atoms with E-state index in [0.717, 1.165) is 23.0 Å². The van der Waals surface area contributed by atoms with Gasteiger partial charge in [-0.15, -0.1) is 0 Å². The van der Waals surface area contributed by atoms with Crippen LogP contribution in [0.25, 0.3) is 34.9 Å². The predicted molar refractivity (Wildman–Crippen MR) is 458 cm³/mol. The zero-order valence-electron chi connectivity index (χ0n) is 70.4. The van der Waals surface area contributed by atoms with Crippen molar-refractivity contribution in [2.24, 2.45) is 10.8 Å². The lowest BCUT2D eigenvalue weighted by molar-refractivity contribution is -0.114. The first-order valence-electron chi connectivity index (χ1n) is 37.7. The second-order valence-electron chi connectivity index (χ2n) is 30.2. The number of aldehydes is 1. The van der Waals surface area contributed by atoms with Gasteiger partial charge >= 0.3 is 0 Å². The summed E-state index contributed by atoms with van der Waals surface area (Å²) in [6, 6.07) is 45.5. The van der Waals surface area contributed by atoms with Crippen LogP contribution in [0.3, 0.4) is 0 Å². The Morgan fingerprint density at radius 2 is 0.595 bits per heavy atom. The van der Waals surface area contributed by atoms with Gasteiger partial charge in [-0.3, -0.25) is 14.2 Å². The van der Waals surface area contributed by atoms with Crippen LogP contribution in [-0.2, 0) is 58.9 Å². The second-order valence-corrected chi connectivity index (χ2v) is 35.3. The van der Waals surface area contributed by atoms with Gasteiger partial charge in [-0.25, -0.2) is 85.1 Å². The maximum absolute atomic E-state index is 13.5. The minimum atomic E-state index is -4.10. The van der Waals surface area contributed by atoms with Crippen LogP contribution >= 0.6 is 0 Å². The molecule has 0 spiro atoms. The second kappa shape index (κ2) is 39.3. The van der Waals surface area contributed by atoms with Crippen LogP contribution in [0.15, 0.2) is 178 Å². The lowest BCUT2D eigenvalue weighted by Crippen LogP contribution is -2.24. The summed E-state index contributed by atoms with van der Waals surface area (Å²) < 4.78 is 124. The summed E-state index contributed by atoms with van der Waals surface area (Å²) in [5.74, 6) is 2.93. The molecule has 0 aliphatic rings. The lowest BCUT2D eigenvalue weighted by atomic mass is 9.88. The molecule has 0 unspecified atom stereocenters. The fraction of sp³-hybridized carbons (Fsp3) is 0.287. The molecule has 12 rings (SSSR count). The van der Waals surface area contributed by atoms with Crippen LogP contribution in [0.5, 0.6) is 51.7 Å². The number of carbonyl (C=O) groups is 2. The normalized spacial score (nSPS) is 11.6. The Bertz CT molecular complexity index is 6000. The van der Waals surface area contributed by atoms with E-state index in [9.17, 15) is 40.3 Å². The molecule has 34 heteroatoms. The van der Waals surface area contributed by atoms with Crippen molar-refractivity contribution in [1.29, 1.82) is 0 Å². The van der Waals surface area contributed by atoms with Gasteiger partial charge in [0.2, 0.25) is 0 Å². The Morgan fingerprint density at radius 3 is 0.835 bits per heavy atom. The molecule has 0 bridgehead atoms. The molecule has 31 nitrogen and oxygen atoms in total. The number of sulfonamides is 3. The van der Waals surface area contributed by atoms with Crippen molar-refractivity contribution in [2.75, 3.05) is 42.1 Å². The summed E-state index contributed by atoms with van der Waals surface area (Å²) in [6.45, 7) is 28.8. The van der Waals surface area contributed by atoms with Crippen molar-refractivity contribution < 1.29 is 73.5 Å². The molecular formula is C87H97N15O16S3. The highest BCUT2D eigenvalue weighted by Gasteiger charge is 2.33. The fourth-order valence-corrected chi connectivity index (χ4v) is 14.7. The summed E-state index contributed by atoms with van der Waals surface area (Å²) in [5.41, 5.74) is 5.13. The van der Waals surface area contributed by atoms with Crippen LogP contribution < -0.4 is 42.6 Å². The number of nitrogens with one attached hydrogen (secondary N) is 3. The smallest absolute Gasteiger partial charge is 0.263 e. The molecule has 0 aliphatic carbocycles. The van der Waals surface area contributed by atoms with Gasteiger partial charge in [-0.05, 0) is 173 Å². The molecule has 0 amide bonds. The first-order valence-corrected chi connectivity index (χ1v) is 42.1. The standard InChI is InChI=1S/C29H33N5O5S.C29H31N5O5S.C28H31N5O5S.CH2O/c2*1-18-11-13-21(14-12-18)40(36,37)34-26-25(39-24-10-8-7-9-23(24)38-6)22(16-29(4,5)17-35)32-28(33-26)27-30-19(2)15-20(3)31-27;1-17-11-13-20(14-12-17)39(35,36)33-25-24(38-23-10-8-7-9-22(23)37-6)21(16-28(4,5)34)31-27(32-25)26-29-18(2)15-19(3)30-26;1-2/h7-15,35H,16-17H2,1-6H3,(H,32,33,34);7-15,17H,16H2,1-6H3,(H,32,33,34);7-15,34H,16H2,1-6H3,(H,31,32,33);1H2. The Hall–Kier alpha value is -12.9. The van der Waals surface area contributed by atoms with Crippen LogP contribution in [0.2, 0.25) is 0 Å². The third kappa shape index (κ3) is 24.9. The number of benzene rings is 6. The van der Waals surface area contributed by atoms with Crippen LogP contribution in [0.4, 0.5) is 17.5 Å². The van der Waals surface area contributed by atoms with E-state index in [0.29, 0.717) is 74.4 Å². The number of ether oxygens (including phenoxy) is 6. The number of rotatable bonds is 29. The largest absolute Gasteiger partial charge is 0.493 e. The van der Waals surface area contributed by atoms with E-state index in [-0.39, 0.29) is 122 Å². The molecule has 5 N–H and O–H groups in total. The highest BCUT2D eigenvalue weighted by Crippen LogP contribution is 2.44. The third-order valence-electron chi connectivity index (χ3n) is 17.5. The Balaban J connectivity index is 0.000000204. The van der Waals surface area contributed by atoms with Crippen LogP contribution in [-0.4, -0.2) is 142 Å². The number of nitrogens with zero attached hydrogens (tertiary/aromatic N) is 12. The molecule has 634 valence electrons. The number of methoxy groups -OCH3 is 3. The van der Waals surface area contributed by atoms with Crippen molar-refractivity contribution in [3.05, 3.63) is 232 Å². The molecule has 0 atom stereocenters. The number of hydrogen-bond acceptors (Lipinski definition) is 28. The van der Waals surface area contributed by atoms with Crippen molar-refractivity contribution in [3.63, 3.8) is 0 Å². The zero-order valence-corrected chi connectivity index (χ0v) is 72.9. The van der Waals surface area contributed by atoms with E-state index < -0.39 is 46.5 Å². The number of aryl methyl sites for hydroxylation is 9. The van der Waals surface area contributed by atoms with Crippen LogP contribution in [0.1, 0.15) is 109 Å². The average Bonchev–Trinajstić information content (AvgIpc) is 0.783. The number of aliphatic hydroxyl groups excluding tert-OH is 1. The maximum Gasteiger partial charge on any atom is 0.263 e. The molecule has 6 aromatic carbocycles. The van der Waals surface area contributed by atoms with Crippen molar-refractivity contribution in [1.82, 2.24) is 59.8 Å².